The fourth-order valence-corrected chi connectivity index (χ4v) is 2.83. The maximum atomic E-state index is 12.7. The number of carbonyl (C=O) groups excluding carboxylic acids is 1. The van der Waals surface area contributed by atoms with Crippen LogP contribution in [-0.2, 0) is 6.54 Å². The SMILES string of the molecule is Cc1ccccc1CN(C)C(=O)c1cc(Cl)c2c(c1)OCCO2. The lowest BCUT2D eigenvalue weighted by molar-refractivity contribution is 0.0783. The topological polar surface area (TPSA) is 38.8 Å². The van der Waals surface area contributed by atoms with Crippen molar-refractivity contribution in [1.82, 2.24) is 4.90 Å². The van der Waals surface area contributed by atoms with Gasteiger partial charge in [0.2, 0.25) is 0 Å². The molecule has 0 N–H and O–H groups in total. The first-order valence-corrected chi connectivity index (χ1v) is 7.83. The van der Waals surface area contributed by atoms with Crippen LogP contribution in [0.3, 0.4) is 0 Å². The van der Waals surface area contributed by atoms with Crippen molar-refractivity contribution >= 4 is 17.5 Å². The van der Waals surface area contributed by atoms with Gasteiger partial charge in [-0.3, -0.25) is 4.79 Å². The van der Waals surface area contributed by atoms with E-state index >= 15 is 0 Å². The van der Waals surface area contributed by atoms with Gasteiger partial charge < -0.3 is 14.4 Å². The van der Waals surface area contributed by atoms with Crippen molar-refractivity contribution in [2.45, 2.75) is 13.5 Å². The molecule has 1 heterocycles. The van der Waals surface area contributed by atoms with Gasteiger partial charge >= 0.3 is 0 Å². The number of amides is 1. The first kappa shape index (κ1) is 15.7. The zero-order valence-corrected chi connectivity index (χ0v) is 13.9. The number of fused-ring (bicyclic) bond motifs is 1. The van der Waals surface area contributed by atoms with Crippen molar-refractivity contribution in [3.8, 4) is 11.5 Å². The summed E-state index contributed by atoms with van der Waals surface area (Å²) in [7, 11) is 1.78. The summed E-state index contributed by atoms with van der Waals surface area (Å²) in [4.78, 5) is 14.3. The van der Waals surface area contributed by atoms with Crippen LogP contribution in [0.25, 0.3) is 0 Å². The van der Waals surface area contributed by atoms with E-state index in [-0.39, 0.29) is 5.91 Å². The van der Waals surface area contributed by atoms with E-state index < -0.39 is 0 Å². The Labute approximate surface area is 140 Å². The Morgan fingerprint density at radius 1 is 1.22 bits per heavy atom. The second kappa shape index (κ2) is 6.50. The number of aryl methyl sites for hydroxylation is 1. The van der Waals surface area contributed by atoms with Crippen LogP contribution in [-0.4, -0.2) is 31.1 Å². The van der Waals surface area contributed by atoms with Crippen LogP contribution in [0.2, 0.25) is 5.02 Å². The van der Waals surface area contributed by atoms with Crippen molar-refractivity contribution in [2.24, 2.45) is 0 Å². The van der Waals surface area contributed by atoms with E-state index in [1.54, 1.807) is 24.1 Å². The Morgan fingerprint density at radius 2 is 1.96 bits per heavy atom. The summed E-state index contributed by atoms with van der Waals surface area (Å²) in [6.07, 6.45) is 0. The molecule has 120 valence electrons. The van der Waals surface area contributed by atoms with Crippen molar-refractivity contribution in [1.29, 1.82) is 0 Å². The summed E-state index contributed by atoms with van der Waals surface area (Å²) < 4.78 is 11.0. The lowest BCUT2D eigenvalue weighted by atomic mass is 10.1. The Bertz CT molecular complexity index is 745. The molecular formula is C18H18ClNO3. The van der Waals surface area contributed by atoms with Crippen molar-refractivity contribution < 1.29 is 14.3 Å². The molecule has 1 aliphatic rings. The molecule has 0 fully saturated rings. The second-order valence-corrected chi connectivity index (χ2v) is 5.98. The number of carbonyl (C=O) groups is 1. The zero-order valence-electron chi connectivity index (χ0n) is 13.1. The van der Waals surface area contributed by atoms with Crippen LogP contribution in [0.4, 0.5) is 0 Å². The van der Waals surface area contributed by atoms with E-state index in [2.05, 4.69) is 0 Å². The highest BCUT2D eigenvalue weighted by molar-refractivity contribution is 6.32. The molecule has 0 bridgehead atoms. The minimum Gasteiger partial charge on any atom is -0.486 e. The van der Waals surface area contributed by atoms with Crippen molar-refractivity contribution in [3.63, 3.8) is 0 Å². The minimum atomic E-state index is -0.105. The molecule has 0 saturated heterocycles. The molecule has 0 saturated carbocycles. The third-order valence-electron chi connectivity index (χ3n) is 3.86. The van der Waals surface area contributed by atoms with Crippen LogP contribution >= 0.6 is 11.6 Å². The number of nitrogens with zero attached hydrogens (tertiary/aromatic N) is 1. The Kier molecular flexibility index (Phi) is 4.44. The molecule has 1 aliphatic heterocycles. The summed E-state index contributed by atoms with van der Waals surface area (Å²) in [6, 6.07) is 11.3. The highest BCUT2D eigenvalue weighted by Crippen LogP contribution is 2.38. The van der Waals surface area contributed by atoms with Crippen molar-refractivity contribution in [3.05, 3.63) is 58.1 Å². The van der Waals surface area contributed by atoms with E-state index in [1.165, 1.54) is 0 Å². The predicted octanol–water partition coefficient (Wildman–Crippen LogP) is 3.69. The van der Waals surface area contributed by atoms with Gasteiger partial charge in [0.25, 0.3) is 5.91 Å². The molecule has 23 heavy (non-hydrogen) atoms. The van der Waals surface area contributed by atoms with Crippen LogP contribution in [0.5, 0.6) is 11.5 Å². The summed E-state index contributed by atoms with van der Waals surface area (Å²) in [5.74, 6) is 0.930. The Hall–Kier alpha value is -2.20. The lowest BCUT2D eigenvalue weighted by Gasteiger charge is -2.22. The van der Waals surface area contributed by atoms with Gasteiger partial charge in [-0.05, 0) is 30.2 Å². The molecular weight excluding hydrogens is 314 g/mol. The molecule has 1 amide bonds. The lowest BCUT2D eigenvalue weighted by Crippen LogP contribution is -2.27. The highest BCUT2D eigenvalue weighted by Gasteiger charge is 2.21. The van der Waals surface area contributed by atoms with Gasteiger partial charge in [0.15, 0.2) is 11.5 Å². The third kappa shape index (κ3) is 3.27. The largest absolute Gasteiger partial charge is 0.486 e. The summed E-state index contributed by atoms with van der Waals surface area (Å²) in [5, 5.41) is 0.398. The quantitative estimate of drug-likeness (QED) is 0.861. The van der Waals surface area contributed by atoms with Gasteiger partial charge in [-0.2, -0.15) is 0 Å². The van der Waals surface area contributed by atoms with Gasteiger partial charge in [-0.1, -0.05) is 35.9 Å². The molecule has 5 heteroatoms. The maximum Gasteiger partial charge on any atom is 0.254 e. The van der Waals surface area contributed by atoms with E-state index in [0.717, 1.165) is 11.1 Å². The zero-order chi connectivity index (χ0) is 16.4. The van der Waals surface area contributed by atoms with E-state index in [4.69, 9.17) is 21.1 Å². The number of halogens is 1. The van der Waals surface area contributed by atoms with Gasteiger partial charge in [0.05, 0.1) is 5.02 Å². The van der Waals surface area contributed by atoms with E-state index in [9.17, 15) is 4.79 Å². The average Bonchev–Trinajstić information content (AvgIpc) is 2.56. The number of hydrogen-bond acceptors (Lipinski definition) is 3. The molecule has 0 radical (unpaired) electrons. The summed E-state index contributed by atoms with van der Waals surface area (Å²) in [6.45, 7) is 3.50. The molecule has 2 aromatic rings. The van der Waals surface area contributed by atoms with E-state index in [1.807, 2.05) is 31.2 Å². The van der Waals surface area contributed by atoms with Crippen LogP contribution in [0.15, 0.2) is 36.4 Å². The Morgan fingerprint density at radius 3 is 2.74 bits per heavy atom. The average molecular weight is 332 g/mol. The number of rotatable bonds is 3. The number of benzene rings is 2. The predicted molar refractivity (Wildman–Crippen MR) is 89.4 cm³/mol. The molecule has 2 aromatic carbocycles. The molecule has 0 aliphatic carbocycles. The van der Waals surface area contributed by atoms with Crippen LogP contribution in [0, 0.1) is 6.92 Å². The maximum absolute atomic E-state index is 12.7. The van der Waals surface area contributed by atoms with Gasteiger partial charge in [0, 0.05) is 19.2 Å². The monoisotopic (exact) mass is 331 g/mol. The normalized spacial score (nSPS) is 12.8. The first-order valence-electron chi connectivity index (χ1n) is 7.45. The minimum absolute atomic E-state index is 0.105. The molecule has 0 unspecified atom stereocenters. The molecule has 0 aromatic heterocycles. The molecule has 4 nitrogen and oxygen atoms in total. The number of ether oxygens (including phenoxy) is 2. The first-order chi connectivity index (χ1) is 11.1. The third-order valence-corrected chi connectivity index (χ3v) is 4.14. The van der Waals surface area contributed by atoms with Gasteiger partial charge in [-0.25, -0.2) is 0 Å². The summed E-state index contributed by atoms with van der Waals surface area (Å²) in [5.41, 5.74) is 2.77. The summed E-state index contributed by atoms with van der Waals surface area (Å²) >= 11 is 6.21. The van der Waals surface area contributed by atoms with Crippen molar-refractivity contribution in [2.75, 3.05) is 20.3 Å². The fraction of sp³-hybridized carbons (Fsp3) is 0.278. The molecule has 3 rings (SSSR count). The number of hydrogen-bond donors (Lipinski definition) is 0. The molecule has 0 spiro atoms. The smallest absolute Gasteiger partial charge is 0.254 e. The highest BCUT2D eigenvalue weighted by atomic mass is 35.5. The Balaban J connectivity index is 1.82. The van der Waals surface area contributed by atoms with Crippen LogP contribution in [0.1, 0.15) is 21.5 Å². The van der Waals surface area contributed by atoms with Gasteiger partial charge in [0.1, 0.15) is 13.2 Å². The van der Waals surface area contributed by atoms with E-state index in [0.29, 0.717) is 41.8 Å². The van der Waals surface area contributed by atoms with Gasteiger partial charge in [-0.15, -0.1) is 0 Å². The standard InChI is InChI=1S/C18H18ClNO3/c1-12-5-3-4-6-13(12)11-20(2)18(21)14-9-15(19)17-16(10-14)22-7-8-23-17/h3-6,9-10H,7-8,11H2,1-2H3. The second-order valence-electron chi connectivity index (χ2n) is 5.57. The van der Waals surface area contributed by atoms with Crippen LogP contribution < -0.4 is 9.47 Å². The molecule has 0 atom stereocenters. The fourth-order valence-electron chi connectivity index (χ4n) is 2.57.